The highest BCUT2D eigenvalue weighted by atomic mass is 32.2. The molecule has 1 saturated heterocycles. The van der Waals surface area contributed by atoms with Gasteiger partial charge < -0.3 is 0 Å². The number of ketones is 1. The number of carbonyl (C=O) groups is 1. The van der Waals surface area contributed by atoms with Crippen LogP contribution in [0.4, 0.5) is 4.39 Å². The van der Waals surface area contributed by atoms with Crippen molar-refractivity contribution in [3.63, 3.8) is 0 Å². The Labute approximate surface area is 105 Å². The number of likely N-dealkylation sites (N-methyl/N-ethyl adjacent to an activating group) is 1. The van der Waals surface area contributed by atoms with Crippen LogP contribution in [0.2, 0.25) is 0 Å². The number of benzene rings is 1. The first-order valence-electron chi connectivity index (χ1n) is 5.72. The average Bonchev–Trinajstić information content (AvgIpc) is 2.32. The summed E-state index contributed by atoms with van der Waals surface area (Å²) in [6.45, 7) is 0.929. The van der Waals surface area contributed by atoms with E-state index in [1.54, 1.807) is 30.0 Å². The van der Waals surface area contributed by atoms with Gasteiger partial charge in [0.2, 0.25) is 0 Å². The second-order valence-corrected chi connectivity index (χ2v) is 5.46. The zero-order valence-corrected chi connectivity index (χ0v) is 10.7. The zero-order valence-electron chi connectivity index (χ0n) is 9.86. The molecule has 17 heavy (non-hydrogen) atoms. The van der Waals surface area contributed by atoms with E-state index in [0.717, 1.165) is 18.1 Å². The molecule has 1 aliphatic heterocycles. The number of hydrogen-bond acceptors (Lipinski definition) is 3. The smallest absolute Gasteiger partial charge is 0.155 e. The third kappa shape index (κ3) is 3.07. The molecule has 0 amide bonds. The minimum absolute atomic E-state index is 0.0617. The highest BCUT2D eigenvalue weighted by Crippen LogP contribution is 2.17. The van der Waals surface area contributed by atoms with Crippen molar-refractivity contribution in [2.45, 2.75) is 12.5 Å². The molecular weight excluding hydrogens is 237 g/mol. The number of nitrogens with zero attached hydrogens (tertiary/aromatic N) is 1. The van der Waals surface area contributed by atoms with Gasteiger partial charge in [-0.05, 0) is 18.7 Å². The van der Waals surface area contributed by atoms with Gasteiger partial charge >= 0.3 is 0 Å². The van der Waals surface area contributed by atoms with Crippen LogP contribution in [0, 0.1) is 5.82 Å². The molecule has 4 heteroatoms. The van der Waals surface area contributed by atoms with E-state index in [0.29, 0.717) is 5.56 Å². The predicted octanol–water partition coefficient (Wildman–Crippen LogP) is 1.98. The maximum atomic E-state index is 13.4. The summed E-state index contributed by atoms with van der Waals surface area (Å²) >= 11 is 1.79. The molecular formula is C13H16FNOS. The second kappa shape index (κ2) is 5.65. The zero-order chi connectivity index (χ0) is 12.3. The lowest BCUT2D eigenvalue weighted by Crippen LogP contribution is -2.45. The van der Waals surface area contributed by atoms with E-state index in [9.17, 15) is 9.18 Å². The highest BCUT2D eigenvalue weighted by molar-refractivity contribution is 7.99. The van der Waals surface area contributed by atoms with Gasteiger partial charge in [0.15, 0.2) is 5.78 Å². The van der Waals surface area contributed by atoms with Crippen molar-refractivity contribution in [3.05, 3.63) is 35.6 Å². The number of halogens is 1. The van der Waals surface area contributed by atoms with Crippen LogP contribution < -0.4 is 0 Å². The largest absolute Gasteiger partial charge is 0.298 e. The SMILES string of the molecule is CN1CCSCC1C(=O)Cc1ccccc1F. The molecule has 92 valence electrons. The molecule has 1 atom stereocenters. The molecule has 0 N–H and O–H groups in total. The van der Waals surface area contributed by atoms with Gasteiger partial charge in [-0.1, -0.05) is 18.2 Å². The summed E-state index contributed by atoms with van der Waals surface area (Å²) in [5.74, 6) is 1.72. The van der Waals surface area contributed by atoms with Crippen LogP contribution in [0.3, 0.4) is 0 Å². The maximum Gasteiger partial charge on any atom is 0.155 e. The van der Waals surface area contributed by atoms with Crippen LogP contribution in [0.1, 0.15) is 5.56 Å². The molecule has 0 bridgehead atoms. The average molecular weight is 253 g/mol. The van der Waals surface area contributed by atoms with Crippen LogP contribution in [0.5, 0.6) is 0 Å². The lowest BCUT2D eigenvalue weighted by atomic mass is 10.0. The van der Waals surface area contributed by atoms with Crippen LogP contribution >= 0.6 is 11.8 Å². The Kier molecular flexibility index (Phi) is 4.18. The summed E-state index contributed by atoms with van der Waals surface area (Å²) in [6.07, 6.45) is 0.197. The molecule has 1 heterocycles. The van der Waals surface area contributed by atoms with Crippen molar-refractivity contribution in [3.8, 4) is 0 Å². The van der Waals surface area contributed by atoms with E-state index in [1.165, 1.54) is 6.07 Å². The van der Waals surface area contributed by atoms with E-state index in [-0.39, 0.29) is 24.1 Å². The summed E-state index contributed by atoms with van der Waals surface area (Å²) in [5, 5.41) is 0. The van der Waals surface area contributed by atoms with E-state index < -0.39 is 0 Å². The quantitative estimate of drug-likeness (QED) is 0.821. The number of hydrogen-bond donors (Lipinski definition) is 0. The molecule has 1 fully saturated rings. The van der Waals surface area contributed by atoms with Gasteiger partial charge in [-0.2, -0.15) is 11.8 Å². The maximum absolute atomic E-state index is 13.4. The van der Waals surface area contributed by atoms with Crippen LogP contribution in [0.25, 0.3) is 0 Å². The Morgan fingerprint density at radius 1 is 1.53 bits per heavy atom. The van der Waals surface area contributed by atoms with E-state index in [2.05, 4.69) is 4.90 Å². The summed E-state index contributed by atoms with van der Waals surface area (Å²) in [4.78, 5) is 14.2. The number of Topliss-reactive ketones (excluding diaryl/α,β-unsaturated/α-hetero) is 1. The predicted molar refractivity (Wildman–Crippen MR) is 68.9 cm³/mol. The first kappa shape index (κ1) is 12.6. The third-order valence-corrected chi connectivity index (χ3v) is 4.11. The minimum Gasteiger partial charge on any atom is -0.298 e. The lowest BCUT2D eigenvalue weighted by molar-refractivity contribution is -0.122. The molecule has 1 aliphatic rings. The van der Waals surface area contributed by atoms with Crippen LogP contribution in [-0.4, -0.2) is 41.8 Å². The highest BCUT2D eigenvalue weighted by Gasteiger charge is 2.26. The molecule has 0 aliphatic carbocycles. The second-order valence-electron chi connectivity index (χ2n) is 4.31. The van der Waals surface area contributed by atoms with Gasteiger partial charge in [0.05, 0.1) is 6.04 Å². The van der Waals surface area contributed by atoms with E-state index in [1.807, 2.05) is 7.05 Å². The molecule has 1 aromatic rings. The van der Waals surface area contributed by atoms with Crippen molar-refractivity contribution >= 4 is 17.5 Å². The molecule has 2 nitrogen and oxygen atoms in total. The Bertz CT molecular complexity index is 410. The first-order chi connectivity index (χ1) is 8.18. The van der Waals surface area contributed by atoms with Crippen molar-refractivity contribution in [1.29, 1.82) is 0 Å². The molecule has 0 saturated carbocycles. The normalized spacial score (nSPS) is 21.4. The van der Waals surface area contributed by atoms with Gasteiger partial charge in [0.1, 0.15) is 5.82 Å². The minimum atomic E-state index is -0.285. The third-order valence-electron chi connectivity index (χ3n) is 3.09. The van der Waals surface area contributed by atoms with Crippen molar-refractivity contribution in [2.24, 2.45) is 0 Å². The Balaban J connectivity index is 2.03. The summed E-state index contributed by atoms with van der Waals surface area (Å²) in [6, 6.07) is 6.44. The summed E-state index contributed by atoms with van der Waals surface area (Å²) < 4.78 is 13.4. The van der Waals surface area contributed by atoms with E-state index in [4.69, 9.17) is 0 Å². The lowest BCUT2D eigenvalue weighted by Gasteiger charge is -2.30. The monoisotopic (exact) mass is 253 g/mol. The standard InChI is InChI=1S/C13H16FNOS/c1-15-6-7-17-9-12(15)13(16)8-10-4-2-3-5-11(10)14/h2-5,12H,6-9H2,1H3. The first-order valence-corrected chi connectivity index (χ1v) is 6.88. The molecule has 0 radical (unpaired) electrons. The number of carbonyl (C=O) groups excluding carboxylic acids is 1. The fourth-order valence-corrected chi connectivity index (χ4v) is 3.22. The summed E-state index contributed by atoms with van der Waals surface area (Å²) in [5.41, 5.74) is 0.501. The number of rotatable bonds is 3. The molecule has 0 spiro atoms. The Hall–Kier alpha value is -0.870. The topological polar surface area (TPSA) is 20.3 Å². The van der Waals surface area contributed by atoms with Crippen molar-refractivity contribution in [1.82, 2.24) is 4.90 Å². The molecule has 0 aromatic heterocycles. The number of thioether (sulfide) groups is 1. The van der Waals surface area contributed by atoms with Gasteiger partial charge in [-0.25, -0.2) is 4.39 Å². The summed E-state index contributed by atoms with van der Waals surface area (Å²) in [7, 11) is 1.96. The Morgan fingerprint density at radius 3 is 3.00 bits per heavy atom. The van der Waals surface area contributed by atoms with Gasteiger partial charge in [-0.15, -0.1) is 0 Å². The van der Waals surface area contributed by atoms with Gasteiger partial charge in [-0.3, -0.25) is 9.69 Å². The van der Waals surface area contributed by atoms with Crippen LogP contribution in [-0.2, 0) is 11.2 Å². The fourth-order valence-electron chi connectivity index (χ4n) is 1.97. The Morgan fingerprint density at radius 2 is 2.29 bits per heavy atom. The van der Waals surface area contributed by atoms with Gasteiger partial charge in [0.25, 0.3) is 0 Å². The fraction of sp³-hybridized carbons (Fsp3) is 0.462. The van der Waals surface area contributed by atoms with Gasteiger partial charge in [0, 0.05) is 24.5 Å². The van der Waals surface area contributed by atoms with Crippen molar-refractivity contribution < 1.29 is 9.18 Å². The van der Waals surface area contributed by atoms with Crippen LogP contribution in [0.15, 0.2) is 24.3 Å². The molecule has 1 unspecified atom stereocenters. The van der Waals surface area contributed by atoms with E-state index >= 15 is 0 Å². The molecule has 2 rings (SSSR count). The molecule has 1 aromatic carbocycles. The van der Waals surface area contributed by atoms with Crippen molar-refractivity contribution in [2.75, 3.05) is 25.1 Å².